The molecule has 0 saturated carbocycles. The fourth-order valence-corrected chi connectivity index (χ4v) is 1.40. The minimum Gasteiger partial charge on any atom is -0.365 e. The third kappa shape index (κ3) is 3.53. The summed E-state index contributed by atoms with van der Waals surface area (Å²) in [6, 6.07) is 0. The van der Waals surface area contributed by atoms with Crippen LogP contribution >= 0.6 is 0 Å². The van der Waals surface area contributed by atoms with Gasteiger partial charge in [0.25, 0.3) is 5.56 Å². The molecule has 0 amide bonds. The van der Waals surface area contributed by atoms with Gasteiger partial charge in [0, 0.05) is 25.5 Å². The van der Waals surface area contributed by atoms with Gasteiger partial charge in [-0.2, -0.15) is 0 Å². The van der Waals surface area contributed by atoms with Crippen molar-refractivity contribution in [3.8, 4) is 0 Å². The highest BCUT2D eigenvalue weighted by atomic mass is 16.1. The van der Waals surface area contributed by atoms with Crippen molar-refractivity contribution < 1.29 is 0 Å². The summed E-state index contributed by atoms with van der Waals surface area (Å²) in [6.07, 6.45) is 6.00. The molecule has 1 N–H and O–H groups in total. The minimum atomic E-state index is -0.0553. The van der Waals surface area contributed by atoms with Crippen molar-refractivity contribution in [2.45, 2.75) is 26.8 Å². The Morgan fingerprint density at radius 1 is 1.62 bits per heavy atom. The normalized spacial score (nSPS) is 10.4. The standard InChI is InChI=1S/C12H19N3O/c1-4-5-6-13-11-12(16)15(8-7-14-11)9-10(2)3/h4,7-8,10H,1,5-6,9H2,2-3H3,(H,13,14). The molecule has 0 radical (unpaired) electrons. The molecule has 1 aromatic rings. The van der Waals surface area contributed by atoms with Crippen molar-refractivity contribution in [2.24, 2.45) is 5.92 Å². The molecule has 4 heteroatoms. The van der Waals surface area contributed by atoms with Gasteiger partial charge in [0.2, 0.25) is 0 Å². The Morgan fingerprint density at radius 3 is 3.00 bits per heavy atom. The summed E-state index contributed by atoms with van der Waals surface area (Å²) < 4.78 is 1.69. The lowest BCUT2D eigenvalue weighted by Crippen LogP contribution is -2.26. The van der Waals surface area contributed by atoms with Gasteiger partial charge in [0.15, 0.2) is 5.82 Å². The number of nitrogens with one attached hydrogen (secondary N) is 1. The predicted octanol–water partition coefficient (Wildman–Crippen LogP) is 1.89. The smallest absolute Gasteiger partial charge is 0.293 e. The molecule has 0 fully saturated rings. The molecule has 0 bridgehead atoms. The second-order valence-corrected chi connectivity index (χ2v) is 4.13. The molecule has 0 spiro atoms. The molecule has 16 heavy (non-hydrogen) atoms. The van der Waals surface area contributed by atoms with E-state index in [2.05, 4.69) is 30.7 Å². The van der Waals surface area contributed by atoms with E-state index in [1.54, 1.807) is 17.0 Å². The second-order valence-electron chi connectivity index (χ2n) is 4.13. The molecule has 0 aliphatic rings. The summed E-state index contributed by atoms with van der Waals surface area (Å²) >= 11 is 0. The average molecular weight is 221 g/mol. The van der Waals surface area contributed by atoms with Crippen molar-refractivity contribution in [3.05, 3.63) is 35.4 Å². The maximum Gasteiger partial charge on any atom is 0.293 e. The van der Waals surface area contributed by atoms with E-state index < -0.39 is 0 Å². The summed E-state index contributed by atoms with van der Waals surface area (Å²) in [5, 5.41) is 3.01. The van der Waals surface area contributed by atoms with E-state index in [-0.39, 0.29) is 5.56 Å². The van der Waals surface area contributed by atoms with Crippen LogP contribution in [0.1, 0.15) is 20.3 Å². The topological polar surface area (TPSA) is 46.9 Å². The quantitative estimate of drug-likeness (QED) is 0.589. The Hall–Kier alpha value is -1.58. The second kappa shape index (κ2) is 6.10. The van der Waals surface area contributed by atoms with Crippen LogP contribution in [0.4, 0.5) is 5.82 Å². The number of anilines is 1. The van der Waals surface area contributed by atoms with Crippen LogP contribution in [0.15, 0.2) is 29.8 Å². The summed E-state index contributed by atoms with van der Waals surface area (Å²) in [5.41, 5.74) is -0.0553. The molecule has 0 aromatic carbocycles. The minimum absolute atomic E-state index is 0.0553. The zero-order valence-corrected chi connectivity index (χ0v) is 9.94. The monoisotopic (exact) mass is 221 g/mol. The van der Waals surface area contributed by atoms with E-state index in [1.165, 1.54) is 0 Å². The number of hydrogen-bond acceptors (Lipinski definition) is 3. The number of rotatable bonds is 6. The first kappa shape index (κ1) is 12.5. The van der Waals surface area contributed by atoms with Gasteiger partial charge in [-0.25, -0.2) is 4.98 Å². The summed E-state index contributed by atoms with van der Waals surface area (Å²) in [7, 11) is 0. The van der Waals surface area contributed by atoms with E-state index in [4.69, 9.17) is 0 Å². The summed E-state index contributed by atoms with van der Waals surface area (Å²) in [4.78, 5) is 16.0. The highest BCUT2D eigenvalue weighted by molar-refractivity contribution is 5.30. The predicted molar refractivity (Wildman–Crippen MR) is 66.6 cm³/mol. The molecule has 1 heterocycles. The van der Waals surface area contributed by atoms with Gasteiger partial charge >= 0.3 is 0 Å². The van der Waals surface area contributed by atoms with Crippen molar-refractivity contribution in [1.82, 2.24) is 9.55 Å². The molecule has 88 valence electrons. The van der Waals surface area contributed by atoms with Gasteiger partial charge in [-0.05, 0) is 12.3 Å². The molecule has 0 saturated heterocycles. The molecule has 1 rings (SSSR count). The maximum absolute atomic E-state index is 11.9. The number of nitrogens with zero attached hydrogens (tertiary/aromatic N) is 2. The molecule has 0 atom stereocenters. The highest BCUT2D eigenvalue weighted by Crippen LogP contribution is 1.98. The molecular weight excluding hydrogens is 202 g/mol. The Bertz CT molecular complexity index is 395. The average Bonchev–Trinajstić information content (AvgIpc) is 2.23. The molecule has 0 aliphatic heterocycles. The molecule has 4 nitrogen and oxygen atoms in total. The zero-order chi connectivity index (χ0) is 12.0. The van der Waals surface area contributed by atoms with Crippen LogP contribution in [0.2, 0.25) is 0 Å². The van der Waals surface area contributed by atoms with E-state index in [9.17, 15) is 4.79 Å². The Kier molecular flexibility index (Phi) is 4.76. The third-order valence-corrected chi connectivity index (χ3v) is 2.12. The lowest BCUT2D eigenvalue weighted by molar-refractivity contribution is 0.509. The lowest BCUT2D eigenvalue weighted by Gasteiger charge is -2.10. The molecule has 0 aliphatic carbocycles. The van der Waals surface area contributed by atoms with E-state index in [1.807, 2.05) is 6.08 Å². The van der Waals surface area contributed by atoms with Gasteiger partial charge in [-0.1, -0.05) is 19.9 Å². The summed E-state index contributed by atoms with van der Waals surface area (Å²) in [6.45, 7) is 9.20. The maximum atomic E-state index is 11.9. The molecular formula is C12H19N3O. The fraction of sp³-hybridized carbons (Fsp3) is 0.500. The van der Waals surface area contributed by atoms with E-state index in [0.717, 1.165) is 13.0 Å². The van der Waals surface area contributed by atoms with Gasteiger partial charge in [-0.15, -0.1) is 6.58 Å². The fourth-order valence-electron chi connectivity index (χ4n) is 1.40. The van der Waals surface area contributed by atoms with Gasteiger partial charge in [0.1, 0.15) is 0 Å². The van der Waals surface area contributed by atoms with Gasteiger partial charge < -0.3 is 9.88 Å². The van der Waals surface area contributed by atoms with Crippen LogP contribution in [0.3, 0.4) is 0 Å². The zero-order valence-electron chi connectivity index (χ0n) is 9.94. The van der Waals surface area contributed by atoms with Crippen LogP contribution in [0, 0.1) is 5.92 Å². The van der Waals surface area contributed by atoms with Crippen LogP contribution in [-0.4, -0.2) is 16.1 Å². The SMILES string of the molecule is C=CCCNc1nccn(CC(C)C)c1=O. The van der Waals surface area contributed by atoms with Crippen LogP contribution < -0.4 is 10.9 Å². The van der Waals surface area contributed by atoms with E-state index >= 15 is 0 Å². The van der Waals surface area contributed by atoms with Crippen molar-refractivity contribution in [1.29, 1.82) is 0 Å². The molecule has 1 aromatic heterocycles. The Morgan fingerprint density at radius 2 is 2.38 bits per heavy atom. The first-order valence-electron chi connectivity index (χ1n) is 5.55. The number of aromatic nitrogens is 2. The van der Waals surface area contributed by atoms with Gasteiger partial charge in [-0.3, -0.25) is 4.79 Å². The first-order valence-corrected chi connectivity index (χ1v) is 5.55. The van der Waals surface area contributed by atoms with Crippen LogP contribution in [0.5, 0.6) is 0 Å². The van der Waals surface area contributed by atoms with Gasteiger partial charge in [0.05, 0.1) is 0 Å². The van der Waals surface area contributed by atoms with Crippen molar-refractivity contribution >= 4 is 5.82 Å². The Labute approximate surface area is 96.0 Å². The first-order chi connectivity index (χ1) is 7.65. The summed E-state index contributed by atoms with van der Waals surface area (Å²) in [5.74, 6) is 0.867. The van der Waals surface area contributed by atoms with E-state index in [0.29, 0.717) is 18.3 Å². The number of hydrogen-bond donors (Lipinski definition) is 1. The largest absolute Gasteiger partial charge is 0.365 e. The Balaban J connectivity index is 2.78. The lowest BCUT2D eigenvalue weighted by atomic mass is 10.2. The van der Waals surface area contributed by atoms with Crippen LogP contribution in [-0.2, 0) is 6.54 Å². The highest BCUT2D eigenvalue weighted by Gasteiger charge is 2.04. The third-order valence-electron chi connectivity index (χ3n) is 2.12. The van der Waals surface area contributed by atoms with Crippen molar-refractivity contribution in [3.63, 3.8) is 0 Å². The molecule has 0 unspecified atom stereocenters. The van der Waals surface area contributed by atoms with Crippen molar-refractivity contribution in [2.75, 3.05) is 11.9 Å². The van der Waals surface area contributed by atoms with Crippen LogP contribution in [0.25, 0.3) is 0 Å².